The van der Waals surface area contributed by atoms with Crippen LogP contribution in [0.25, 0.3) is 11.3 Å². The van der Waals surface area contributed by atoms with Crippen molar-refractivity contribution in [2.75, 3.05) is 26.2 Å². The van der Waals surface area contributed by atoms with Gasteiger partial charge in [0.05, 0.1) is 11.8 Å². The van der Waals surface area contributed by atoms with E-state index < -0.39 is 0 Å². The fourth-order valence-electron chi connectivity index (χ4n) is 3.96. The Morgan fingerprint density at radius 2 is 2.18 bits per heavy atom. The smallest absolute Gasteiger partial charge is 0.269 e. The van der Waals surface area contributed by atoms with Gasteiger partial charge in [0.15, 0.2) is 0 Å². The molecule has 2 N–H and O–H groups in total. The van der Waals surface area contributed by atoms with Crippen molar-refractivity contribution in [3.05, 3.63) is 41.1 Å². The first kappa shape index (κ1) is 18.7. The Kier molecular flexibility index (Phi) is 5.17. The van der Waals surface area contributed by atoms with Crippen molar-refractivity contribution in [1.29, 1.82) is 0 Å². The molecule has 2 aliphatic rings. The number of ether oxygens (including phenoxy) is 1. The summed E-state index contributed by atoms with van der Waals surface area (Å²) in [6.45, 7) is 5.82. The molecule has 4 rings (SSSR count). The molecule has 0 bridgehead atoms. The zero-order valence-electron chi connectivity index (χ0n) is 16.3. The lowest BCUT2D eigenvalue weighted by Crippen LogP contribution is -2.51. The number of hydrogen-bond donors (Lipinski definition) is 2. The monoisotopic (exact) mass is 382 g/mol. The molecule has 148 valence electrons. The normalized spacial score (nSPS) is 18.8. The van der Waals surface area contributed by atoms with Crippen molar-refractivity contribution in [3.63, 3.8) is 0 Å². The number of carbonyl (C=O) groups excluding carboxylic acids is 2. The molecule has 1 aromatic carbocycles. The van der Waals surface area contributed by atoms with Crippen LogP contribution in [0.1, 0.15) is 35.5 Å². The minimum absolute atomic E-state index is 0.0116. The van der Waals surface area contributed by atoms with Gasteiger partial charge < -0.3 is 15.0 Å². The second kappa shape index (κ2) is 7.75. The van der Waals surface area contributed by atoms with Gasteiger partial charge in [-0.2, -0.15) is 5.10 Å². The highest BCUT2D eigenvalue weighted by Crippen LogP contribution is 2.33. The number of fused-ring (bicyclic) bond motifs is 3. The van der Waals surface area contributed by atoms with Crippen LogP contribution in [-0.4, -0.2) is 59.3 Å². The van der Waals surface area contributed by atoms with E-state index in [1.165, 1.54) is 5.56 Å². The molecule has 0 spiro atoms. The molecule has 0 saturated carbocycles. The summed E-state index contributed by atoms with van der Waals surface area (Å²) in [4.78, 5) is 26.5. The van der Waals surface area contributed by atoms with E-state index in [1.807, 2.05) is 23.1 Å². The average molecular weight is 382 g/mol. The third kappa shape index (κ3) is 3.67. The highest BCUT2D eigenvalue weighted by atomic mass is 16.5. The van der Waals surface area contributed by atoms with Gasteiger partial charge in [-0.25, -0.2) is 0 Å². The molecule has 0 unspecified atom stereocenters. The number of aromatic nitrogens is 2. The maximum Gasteiger partial charge on any atom is 0.269 e. The number of hydrogen-bond acceptors (Lipinski definition) is 4. The Morgan fingerprint density at radius 1 is 1.36 bits per heavy atom. The summed E-state index contributed by atoms with van der Waals surface area (Å²) in [6, 6.07) is 8.18. The van der Waals surface area contributed by atoms with Crippen LogP contribution in [0.15, 0.2) is 24.3 Å². The summed E-state index contributed by atoms with van der Waals surface area (Å²) < 4.78 is 5.60. The molecular formula is C21H26N4O3. The van der Waals surface area contributed by atoms with Crippen LogP contribution in [0.2, 0.25) is 0 Å². The molecule has 2 heterocycles. The highest BCUT2D eigenvalue weighted by molar-refractivity contribution is 5.96. The molecule has 1 saturated heterocycles. The Labute approximate surface area is 164 Å². The van der Waals surface area contributed by atoms with Crippen molar-refractivity contribution in [3.8, 4) is 11.3 Å². The molecule has 2 aromatic rings. The van der Waals surface area contributed by atoms with Gasteiger partial charge in [0.25, 0.3) is 5.91 Å². The number of benzene rings is 1. The van der Waals surface area contributed by atoms with E-state index in [-0.39, 0.29) is 24.5 Å². The van der Waals surface area contributed by atoms with Crippen LogP contribution in [0, 0.1) is 5.92 Å². The molecular weight excluding hydrogens is 356 g/mol. The Hall–Kier alpha value is -2.67. The summed E-state index contributed by atoms with van der Waals surface area (Å²) in [7, 11) is 0. The van der Waals surface area contributed by atoms with Gasteiger partial charge in [-0.05, 0) is 24.3 Å². The Morgan fingerprint density at radius 3 is 3.00 bits per heavy atom. The van der Waals surface area contributed by atoms with Gasteiger partial charge in [0.1, 0.15) is 12.3 Å². The number of amides is 2. The zero-order chi connectivity index (χ0) is 19.7. The fraction of sp³-hybridized carbons (Fsp3) is 0.476. The topological polar surface area (TPSA) is 87.3 Å². The first-order valence-corrected chi connectivity index (χ1v) is 9.86. The summed E-state index contributed by atoms with van der Waals surface area (Å²) in [6.07, 6.45) is 1.50. The number of aromatic amines is 1. The predicted molar refractivity (Wildman–Crippen MR) is 105 cm³/mol. The predicted octanol–water partition coefficient (Wildman–Crippen LogP) is 1.79. The number of aryl methyl sites for hydroxylation is 1. The van der Waals surface area contributed by atoms with Crippen LogP contribution in [-0.2, 0) is 22.4 Å². The van der Waals surface area contributed by atoms with Gasteiger partial charge in [-0.15, -0.1) is 0 Å². The standard InChI is InChI=1S/C21H26N4O3/c1-13(2)10-25-11-15(28-12-18(25)26)9-22-21(27)20-17-8-7-14-5-3-4-6-16(14)19(17)23-24-20/h3-6,13,15H,7-12H2,1-2H3,(H,22,27)(H,23,24)/t15-/m0/s1. The average Bonchev–Trinajstić information content (AvgIpc) is 3.12. The summed E-state index contributed by atoms with van der Waals surface area (Å²) in [5.41, 5.74) is 4.72. The van der Waals surface area contributed by atoms with Crippen molar-refractivity contribution in [1.82, 2.24) is 20.4 Å². The van der Waals surface area contributed by atoms with E-state index in [0.717, 1.165) is 29.7 Å². The lowest BCUT2D eigenvalue weighted by atomic mass is 9.89. The number of nitrogens with zero attached hydrogens (tertiary/aromatic N) is 2. The van der Waals surface area contributed by atoms with Crippen molar-refractivity contribution < 1.29 is 14.3 Å². The molecule has 1 fully saturated rings. The van der Waals surface area contributed by atoms with Crippen molar-refractivity contribution >= 4 is 11.8 Å². The maximum absolute atomic E-state index is 12.7. The van der Waals surface area contributed by atoms with E-state index in [9.17, 15) is 9.59 Å². The van der Waals surface area contributed by atoms with Crippen molar-refractivity contribution in [2.24, 2.45) is 5.92 Å². The van der Waals surface area contributed by atoms with E-state index in [4.69, 9.17) is 4.74 Å². The number of carbonyl (C=O) groups is 2. The summed E-state index contributed by atoms with van der Waals surface area (Å²) in [5.74, 6) is 0.235. The largest absolute Gasteiger partial charge is 0.365 e. The van der Waals surface area contributed by atoms with Gasteiger partial charge in [-0.1, -0.05) is 38.1 Å². The van der Waals surface area contributed by atoms with Crippen LogP contribution in [0.3, 0.4) is 0 Å². The van der Waals surface area contributed by atoms with E-state index >= 15 is 0 Å². The first-order chi connectivity index (χ1) is 13.5. The number of morpholine rings is 1. The third-order valence-corrected chi connectivity index (χ3v) is 5.31. The molecule has 1 aliphatic heterocycles. The van der Waals surface area contributed by atoms with E-state index in [2.05, 4.69) is 35.4 Å². The molecule has 28 heavy (non-hydrogen) atoms. The van der Waals surface area contributed by atoms with Gasteiger partial charge in [0, 0.05) is 30.8 Å². The second-order valence-corrected chi connectivity index (χ2v) is 7.92. The van der Waals surface area contributed by atoms with Crippen LogP contribution < -0.4 is 5.32 Å². The number of H-pyrrole nitrogens is 1. The minimum Gasteiger partial charge on any atom is -0.365 e. The van der Waals surface area contributed by atoms with Crippen LogP contribution >= 0.6 is 0 Å². The van der Waals surface area contributed by atoms with Crippen molar-refractivity contribution in [2.45, 2.75) is 32.8 Å². The van der Waals surface area contributed by atoms with E-state index in [0.29, 0.717) is 31.2 Å². The third-order valence-electron chi connectivity index (χ3n) is 5.31. The number of rotatable bonds is 5. The Bertz CT molecular complexity index is 890. The molecule has 1 aliphatic carbocycles. The minimum atomic E-state index is -0.195. The highest BCUT2D eigenvalue weighted by Gasteiger charge is 2.28. The van der Waals surface area contributed by atoms with E-state index in [1.54, 1.807) is 0 Å². The summed E-state index contributed by atoms with van der Waals surface area (Å²) in [5, 5.41) is 10.3. The number of nitrogens with one attached hydrogen (secondary N) is 2. The Balaban J connectivity index is 1.41. The maximum atomic E-state index is 12.7. The fourth-order valence-corrected chi connectivity index (χ4v) is 3.96. The summed E-state index contributed by atoms with van der Waals surface area (Å²) >= 11 is 0. The van der Waals surface area contributed by atoms with Gasteiger partial charge in [-0.3, -0.25) is 14.7 Å². The quantitative estimate of drug-likeness (QED) is 0.825. The zero-order valence-corrected chi connectivity index (χ0v) is 16.3. The molecule has 0 radical (unpaired) electrons. The molecule has 1 atom stereocenters. The lowest BCUT2D eigenvalue weighted by molar-refractivity contribution is -0.149. The molecule has 1 aromatic heterocycles. The van der Waals surface area contributed by atoms with Gasteiger partial charge in [0.2, 0.25) is 5.91 Å². The lowest BCUT2D eigenvalue weighted by Gasteiger charge is -2.33. The molecule has 7 heteroatoms. The molecule has 2 amide bonds. The van der Waals surface area contributed by atoms with Gasteiger partial charge >= 0.3 is 0 Å². The molecule has 7 nitrogen and oxygen atoms in total. The second-order valence-electron chi connectivity index (χ2n) is 7.92. The first-order valence-electron chi connectivity index (χ1n) is 9.86. The van der Waals surface area contributed by atoms with Crippen LogP contribution in [0.5, 0.6) is 0 Å². The SMILES string of the molecule is CC(C)CN1C[C@H](CNC(=O)c2[nH]nc3c2CCc2ccccc2-3)OCC1=O. The van der Waals surface area contributed by atoms with Crippen LogP contribution in [0.4, 0.5) is 0 Å².